The number of ether oxygens (including phenoxy) is 1. The Hall–Kier alpha value is -1.80. The number of rotatable bonds is 9. The molecule has 0 radical (unpaired) electrons. The monoisotopic (exact) mass is 298 g/mol. The van der Waals surface area contributed by atoms with Gasteiger partial charge in [0, 0.05) is 0 Å². The highest BCUT2D eigenvalue weighted by Gasteiger charge is 2.07. The fourth-order valence-electron chi connectivity index (χ4n) is 2.44. The van der Waals surface area contributed by atoms with Gasteiger partial charge in [-0.15, -0.1) is 0 Å². The number of hydrogen-bond donors (Lipinski definition) is 1. The Labute approximate surface area is 133 Å². The van der Waals surface area contributed by atoms with Crippen LogP contribution in [0.2, 0.25) is 0 Å². The predicted octanol–water partition coefficient (Wildman–Crippen LogP) is 4.92. The van der Waals surface area contributed by atoms with Crippen LogP contribution >= 0.6 is 0 Å². The van der Waals surface area contributed by atoms with Gasteiger partial charge in [-0.25, -0.2) is 0 Å². The maximum absolute atomic E-state index is 10.2. The molecular weight excluding hydrogens is 272 g/mol. The zero-order chi connectivity index (χ0) is 15.6. The van der Waals surface area contributed by atoms with Crippen LogP contribution in [0.3, 0.4) is 0 Å². The number of aliphatic hydroxyl groups is 1. The summed E-state index contributed by atoms with van der Waals surface area (Å²) in [6.07, 6.45) is 4.75. The molecule has 0 heterocycles. The number of unbranched alkanes of at least 4 members (excludes halogenated alkanes) is 2. The van der Waals surface area contributed by atoms with E-state index in [1.165, 1.54) is 18.4 Å². The van der Waals surface area contributed by atoms with Crippen LogP contribution in [0, 0.1) is 0 Å². The van der Waals surface area contributed by atoms with Crippen molar-refractivity contribution >= 4 is 0 Å². The smallest absolute Gasteiger partial charge is 0.119 e. The number of aryl methyl sites for hydroxylation is 1. The van der Waals surface area contributed by atoms with Crippen molar-refractivity contribution in [2.75, 3.05) is 6.61 Å². The molecule has 2 heteroatoms. The Morgan fingerprint density at radius 1 is 0.955 bits per heavy atom. The van der Waals surface area contributed by atoms with Crippen molar-refractivity contribution in [2.45, 2.75) is 45.1 Å². The molecule has 1 N–H and O–H groups in total. The van der Waals surface area contributed by atoms with Crippen LogP contribution in [0.15, 0.2) is 54.6 Å². The summed E-state index contributed by atoms with van der Waals surface area (Å²) in [7, 11) is 0. The molecule has 0 aliphatic heterocycles. The molecule has 22 heavy (non-hydrogen) atoms. The van der Waals surface area contributed by atoms with Gasteiger partial charge in [-0.1, -0.05) is 62.2 Å². The van der Waals surface area contributed by atoms with E-state index in [9.17, 15) is 5.11 Å². The van der Waals surface area contributed by atoms with Crippen molar-refractivity contribution in [3.05, 3.63) is 65.7 Å². The van der Waals surface area contributed by atoms with Crippen LogP contribution in [0.4, 0.5) is 0 Å². The predicted molar refractivity (Wildman–Crippen MR) is 91.2 cm³/mol. The van der Waals surface area contributed by atoms with E-state index in [-0.39, 0.29) is 0 Å². The minimum atomic E-state index is -0.397. The molecule has 2 nitrogen and oxygen atoms in total. The topological polar surface area (TPSA) is 29.5 Å². The lowest BCUT2D eigenvalue weighted by atomic mass is 10.0. The molecule has 0 aromatic heterocycles. The molecule has 0 fully saturated rings. The Bertz CT molecular complexity index is 519. The van der Waals surface area contributed by atoms with E-state index < -0.39 is 6.10 Å². The van der Waals surface area contributed by atoms with E-state index in [4.69, 9.17) is 4.74 Å². The molecule has 0 saturated heterocycles. The van der Waals surface area contributed by atoms with E-state index in [1.54, 1.807) is 0 Å². The van der Waals surface area contributed by atoms with Crippen molar-refractivity contribution in [3.8, 4) is 5.75 Å². The lowest BCUT2D eigenvalue weighted by Crippen LogP contribution is -2.00. The number of aliphatic hydroxyl groups excluding tert-OH is 1. The normalized spacial score (nSPS) is 12.1. The van der Waals surface area contributed by atoms with E-state index >= 15 is 0 Å². The maximum atomic E-state index is 10.2. The Morgan fingerprint density at radius 3 is 2.36 bits per heavy atom. The largest absolute Gasteiger partial charge is 0.494 e. The van der Waals surface area contributed by atoms with Gasteiger partial charge in [0.25, 0.3) is 0 Å². The SMILES string of the molecule is CCCCCOc1ccc(CCC(O)c2ccccc2)cc1. The maximum Gasteiger partial charge on any atom is 0.119 e. The first-order valence-corrected chi connectivity index (χ1v) is 8.24. The van der Waals surface area contributed by atoms with Gasteiger partial charge < -0.3 is 9.84 Å². The van der Waals surface area contributed by atoms with Gasteiger partial charge in [0.05, 0.1) is 12.7 Å². The first-order chi connectivity index (χ1) is 10.8. The third kappa shape index (κ3) is 5.53. The lowest BCUT2D eigenvalue weighted by molar-refractivity contribution is 0.168. The Balaban J connectivity index is 1.76. The Kier molecular flexibility index (Phi) is 6.98. The van der Waals surface area contributed by atoms with E-state index in [0.717, 1.165) is 37.2 Å². The minimum absolute atomic E-state index is 0.397. The summed E-state index contributed by atoms with van der Waals surface area (Å²) < 4.78 is 5.71. The molecular formula is C20H26O2. The van der Waals surface area contributed by atoms with Crippen LogP contribution in [0.1, 0.15) is 49.8 Å². The third-order valence-corrected chi connectivity index (χ3v) is 3.83. The summed E-state index contributed by atoms with van der Waals surface area (Å²) in [6.45, 7) is 2.98. The molecule has 0 saturated carbocycles. The quantitative estimate of drug-likeness (QED) is 0.666. The molecule has 0 aliphatic carbocycles. The average molecular weight is 298 g/mol. The number of hydrogen-bond acceptors (Lipinski definition) is 2. The summed E-state index contributed by atoms with van der Waals surface area (Å²) in [4.78, 5) is 0. The summed E-state index contributed by atoms with van der Waals surface area (Å²) >= 11 is 0. The molecule has 0 aliphatic rings. The first kappa shape index (κ1) is 16.6. The zero-order valence-electron chi connectivity index (χ0n) is 13.4. The summed E-state index contributed by atoms with van der Waals surface area (Å²) in [5.41, 5.74) is 2.22. The van der Waals surface area contributed by atoms with Gasteiger partial charge in [-0.2, -0.15) is 0 Å². The first-order valence-electron chi connectivity index (χ1n) is 8.24. The Morgan fingerprint density at radius 2 is 1.68 bits per heavy atom. The van der Waals surface area contributed by atoms with Gasteiger partial charge in [0.2, 0.25) is 0 Å². The van der Waals surface area contributed by atoms with Crippen molar-refractivity contribution < 1.29 is 9.84 Å². The fraction of sp³-hybridized carbons (Fsp3) is 0.400. The highest BCUT2D eigenvalue weighted by molar-refractivity contribution is 5.27. The molecule has 2 rings (SSSR count). The van der Waals surface area contributed by atoms with Crippen LogP contribution in [-0.2, 0) is 6.42 Å². The summed E-state index contributed by atoms with van der Waals surface area (Å²) in [6, 6.07) is 18.1. The minimum Gasteiger partial charge on any atom is -0.494 e. The summed E-state index contributed by atoms with van der Waals surface area (Å²) in [5, 5.41) is 10.2. The van der Waals surface area contributed by atoms with Crippen LogP contribution in [0.5, 0.6) is 5.75 Å². The molecule has 1 atom stereocenters. The number of benzene rings is 2. The second kappa shape index (κ2) is 9.26. The van der Waals surface area contributed by atoms with E-state index in [0.29, 0.717) is 0 Å². The molecule has 0 spiro atoms. The van der Waals surface area contributed by atoms with Crippen LogP contribution in [0.25, 0.3) is 0 Å². The third-order valence-electron chi connectivity index (χ3n) is 3.83. The molecule has 2 aromatic carbocycles. The second-order valence-corrected chi connectivity index (χ2v) is 5.66. The average Bonchev–Trinajstić information content (AvgIpc) is 2.58. The highest BCUT2D eigenvalue weighted by atomic mass is 16.5. The van der Waals surface area contributed by atoms with Crippen LogP contribution in [-0.4, -0.2) is 11.7 Å². The zero-order valence-corrected chi connectivity index (χ0v) is 13.4. The van der Waals surface area contributed by atoms with E-state index in [2.05, 4.69) is 19.1 Å². The lowest BCUT2D eigenvalue weighted by Gasteiger charge is -2.11. The van der Waals surface area contributed by atoms with Crippen molar-refractivity contribution in [2.24, 2.45) is 0 Å². The van der Waals surface area contributed by atoms with Crippen LogP contribution < -0.4 is 4.74 Å². The standard InChI is InChI=1S/C20H26O2/c1-2-3-7-16-22-19-13-10-17(11-14-19)12-15-20(21)18-8-5-4-6-9-18/h4-6,8-11,13-14,20-21H,2-3,7,12,15-16H2,1H3. The van der Waals surface area contributed by atoms with Gasteiger partial charge in [0.1, 0.15) is 5.75 Å². The molecule has 118 valence electrons. The van der Waals surface area contributed by atoms with Gasteiger partial charge >= 0.3 is 0 Å². The van der Waals surface area contributed by atoms with Crippen molar-refractivity contribution in [3.63, 3.8) is 0 Å². The van der Waals surface area contributed by atoms with Gasteiger partial charge in [0.15, 0.2) is 0 Å². The summed E-state index contributed by atoms with van der Waals surface area (Å²) in [5.74, 6) is 0.934. The van der Waals surface area contributed by atoms with Crippen molar-refractivity contribution in [1.29, 1.82) is 0 Å². The molecule has 0 amide bonds. The fourth-order valence-corrected chi connectivity index (χ4v) is 2.44. The molecule has 0 bridgehead atoms. The van der Waals surface area contributed by atoms with E-state index in [1.807, 2.05) is 42.5 Å². The van der Waals surface area contributed by atoms with Crippen molar-refractivity contribution in [1.82, 2.24) is 0 Å². The molecule has 2 aromatic rings. The van der Waals surface area contributed by atoms with Gasteiger partial charge in [-0.05, 0) is 42.5 Å². The van der Waals surface area contributed by atoms with Gasteiger partial charge in [-0.3, -0.25) is 0 Å². The molecule has 1 unspecified atom stereocenters. The highest BCUT2D eigenvalue weighted by Crippen LogP contribution is 2.20. The second-order valence-electron chi connectivity index (χ2n) is 5.66.